The molecule has 1 unspecified atom stereocenters. The smallest absolute Gasteiger partial charge is 0.123 e. The minimum Gasteiger partial charge on any atom is -0.492 e. The van der Waals surface area contributed by atoms with Crippen molar-refractivity contribution >= 4 is 11.8 Å². The van der Waals surface area contributed by atoms with Crippen LogP contribution in [0.2, 0.25) is 0 Å². The Hall–Kier alpha value is -0.710. The van der Waals surface area contributed by atoms with E-state index in [1.165, 1.54) is 17.1 Å². The van der Waals surface area contributed by atoms with Crippen LogP contribution in [0, 0.1) is 0 Å². The van der Waals surface area contributed by atoms with Crippen LogP contribution < -0.4 is 10.1 Å². The molecule has 3 nitrogen and oxygen atoms in total. The number of ether oxygens (including phenoxy) is 1. The highest BCUT2D eigenvalue weighted by molar-refractivity contribution is 7.99. The van der Waals surface area contributed by atoms with Crippen LogP contribution in [0.4, 0.5) is 0 Å². The maximum absolute atomic E-state index is 5.80. The van der Waals surface area contributed by atoms with Crippen LogP contribution >= 0.6 is 11.8 Å². The molecule has 0 spiro atoms. The molecule has 0 aliphatic carbocycles. The normalized spacial score (nSPS) is 25.0. The first-order valence-electron chi connectivity index (χ1n) is 6.66. The minimum atomic E-state index is 0.633. The molecule has 2 heterocycles. The molecule has 1 saturated heterocycles. The lowest BCUT2D eigenvalue weighted by Gasteiger charge is -2.29. The van der Waals surface area contributed by atoms with Gasteiger partial charge >= 0.3 is 0 Å². The molecule has 1 fully saturated rings. The number of thioether (sulfide) groups is 1. The first kappa shape index (κ1) is 12.3. The van der Waals surface area contributed by atoms with Gasteiger partial charge in [-0.15, -0.1) is 0 Å². The number of benzene rings is 1. The molecule has 0 radical (unpaired) electrons. The molecule has 1 N–H and O–H groups in total. The lowest BCUT2D eigenvalue weighted by molar-refractivity contribution is 0.211. The minimum absolute atomic E-state index is 0.633. The molecular weight excluding hydrogens is 244 g/mol. The third-order valence-corrected chi connectivity index (χ3v) is 4.64. The second-order valence-electron chi connectivity index (χ2n) is 4.92. The summed E-state index contributed by atoms with van der Waals surface area (Å²) in [7, 11) is 0. The Morgan fingerprint density at radius 1 is 1.39 bits per heavy atom. The van der Waals surface area contributed by atoms with Gasteiger partial charge in [-0.1, -0.05) is 18.2 Å². The molecular formula is C14H20N2OS. The van der Waals surface area contributed by atoms with Crippen molar-refractivity contribution in [2.75, 3.05) is 37.7 Å². The summed E-state index contributed by atoms with van der Waals surface area (Å²) < 4.78 is 5.80. The second kappa shape index (κ2) is 5.95. The third kappa shape index (κ3) is 2.99. The van der Waals surface area contributed by atoms with Gasteiger partial charge in [-0.05, 0) is 6.07 Å². The number of rotatable bonds is 2. The van der Waals surface area contributed by atoms with Gasteiger partial charge < -0.3 is 10.1 Å². The van der Waals surface area contributed by atoms with Crippen molar-refractivity contribution in [1.29, 1.82) is 0 Å². The summed E-state index contributed by atoms with van der Waals surface area (Å²) in [5.41, 5.74) is 1.32. The zero-order valence-electron chi connectivity index (χ0n) is 10.6. The lowest BCUT2D eigenvalue weighted by atomic mass is 10.2. The maximum atomic E-state index is 5.80. The fraction of sp³-hybridized carbons (Fsp3) is 0.571. The van der Waals surface area contributed by atoms with Crippen LogP contribution in [0.15, 0.2) is 24.3 Å². The van der Waals surface area contributed by atoms with Gasteiger partial charge in [-0.3, -0.25) is 4.90 Å². The lowest BCUT2D eigenvalue weighted by Crippen LogP contribution is -2.46. The highest BCUT2D eigenvalue weighted by Crippen LogP contribution is 2.22. The van der Waals surface area contributed by atoms with Gasteiger partial charge in [0.25, 0.3) is 0 Å². The molecule has 0 saturated carbocycles. The molecule has 2 aliphatic rings. The number of para-hydroxylation sites is 1. The summed E-state index contributed by atoms with van der Waals surface area (Å²) >= 11 is 2.06. The quantitative estimate of drug-likeness (QED) is 0.876. The number of nitrogens with zero attached hydrogens (tertiary/aromatic N) is 1. The van der Waals surface area contributed by atoms with Gasteiger partial charge in [0.15, 0.2) is 0 Å². The van der Waals surface area contributed by atoms with Crippen molar-refractivity contribution in [3.05, 3.63) is 29.8 Å². The molecule has 98 valence electrons. The van der Waals surface area contributed by atoms with Crippen molar-refractivity contribution in [3.8, 4) is 5.75 Å². The van der Waals surface area contributed by atoms with Crippen LogP contribution in [0.1, 0.15) is 5.56 Å². The van der Waals surface area contributed by atoms with E-state index >= 15 is 0 Å². The molecule has 1 atom stereocenters. The number of hydrogen-bond acceptors (Lipinski definition) is 4. The topological polar surface area (TPSA) is 24.5 Å². The summed E-state index contributed by atoms with van der Waals surface area (Å²) in [6, 6.07) is 9.03. The molecule has 0 bridgehead atoms. The van der Waals surface area contributed by atoms with Crippen LogP contribution in [0.5, 0.6) is 5.75 Å². The van der Waals surface area contributed by atoms with Crippen molar-refractivity contribution in [2.24, 2.45) is 0 Å². The van der Waals surface area contributed by atoms with E-state index in [0.29, 0.717) is 6.04 Å². The van der Waals surface area contributed by atoms with Gasteiger partial charge in [-0.25, -0.2) is 0 Å². The summed E-state index contributed by atoms with van der Waals surface area (Å²) in [6.07, 6.45) is 0. The fourth-order valence-corrected chi connectivity index (χ4v) is 3.52. The predicted molar refractivity (Wildman–Crippen MR) is 76.3 cm³/mol. The molecule has 1 aromatic carbocycles. The number of hydrogen-bond donors (Lipinski definition) is 1. The Labute approximate surface area is 113 Å². The molecule has 18 heavy (non-hydrogen) atoms. The van der Waals surface area contributed by atoms with E-state index in [-0.39, 0.29) is 0 Å². The van der Waals surface area contributed by atoms with Gasteiger partial charge in [0.1, 0.15) is 12.4 Å². The van der Waals surface area contributed by atoms with E-state index in [0.717, 1.165) is 38.5 Å². The summed E-state index contributed by atoms with van der Waals surface area (Å²) in [4.78, 5) is 2.51. The fourth-order valence-electron chi connectivity index (χ4n) is 2.58. The monoisotopic (exact) mass is 264 g/mol. The Morgan fingerprint density at radius 2 is 2.33 bits per heavy atom. The molecule has 3 rings (SSSR count). The predicted octanol–water partition coefficient (Wildman–Crippen LogP) is 1.59. The Morgan fingerprint density at radius 3 is 3.22 bits per heavy atom. The molecule has 1 aromatic rings. The van der Waals surface area contributed by atoms with E-state index in [9.17, 15) is 0 Å². The van der Waals surface area contributed by atoms with Crippen molar-refractivity contribution in [2.45, 2.75) is 12.6 Å². The van der Waals surface area contributed by atoms with Crippen molar-refractivity contribution in [1.82, 2.24) is 10.2 Å². The zero-order chi connectivity index (χ0) is 12.2. The van der Waals surface area contributed by atoms with Gasteiger partial charge in [-0.2, -0.15) is 11.8 Å². The van der Waals surface area contributed by atoms with E-state index in [4.69, 9.17) is 4.74 Å². The Kier molecular flexibility index (Phi) is 4.08. The average molecular weight is 264 g/mol. The summed E-state index contributed by atoms with van der Waals surface area (Å²) in [5.74, 6) is 3.55. The van der Waals surface area contributed by atoms with Crippen LogP contribution in [-0.4, -0.2) is 48.7 Å². The second-order valence-corrected chi connectivity index (χ2v) is 6.07. The number of nitrogens with one attached hydrogen (secondary N) is 1. The first-order valence-corrected chi connectivity index (χ1v) is 7.81. The van der Waals surface area contributed by atoms with Gasteiger partial charge in [0.05, 0.1) is 0 Å². The molecule has 0 aromatic heterocycles. The highest BCUT2D eigenvalue weighted by Gasteiger charge is 2.20. The third-order valence-electron chi connectivity index (χ3n) is 3.51. The van der Waals surface area contributed by atoms with E-state index in [2.05, 4.69) is 40.2 Å². The van der Waals surface area contributed by atoms with Gasteiger partial charge in [0.2, 0.25) is 0 Å². The van der Waals surface area contributed by atoms with Crippen molar-refractivity contribution < 1.29 is 4.74 Å². The summed E-state index contributed by atoms with van der Waals surface area (Å²) in [5, 5.41) is 3.61. The first-order chi connectivity index (χ1) is 8.92. The summed E-state index contributed by atoms with van der Waals surface area (Å²) in [6.45, 7) is 5.12. The maximum Gasteiger partial charge on any atom is 0.123 e. The molecule has 4 heteroatoms. The van der Waals surface area contributed by atoms with Gasteiger partial charge in [0, 0.05) is 49.3 Å². The van der Waals surface area contributed by atoms with E-state index < -0.39 is 0 Å². The van der Waals surface area contributed by atoms with Crippen LogP contribution in [0.3, 0.4) is 0 Å². The molecule has 0 amide bonds. The largest absolute Gasteiger partial charge is 0.492 e. The van der Waals surface area contributed by atoms with E-state index in [1.54, 1.807) is 0 Å². The Balaban J connectivity index is 1.63. The zero-order valence-corrected chi connectivity index (χ0v) is 11.4. The highest BCUT2D eigenvalue weighted by atomic mass is 32.2. The average Bonchev–Trinajstić information content (AvgIpc) is 2.61. The number of fused-ring (bicyclic) bond motifs is 1. The van der Waals surface area contributed by atoms with Crippen molar-refractivity contribution in [3.63, 3.8) is 0 Å². The van der Waals surface area contributed by atoms with Crippen LogP contribution in [-0.2, 0) is 6.54 Å². The standard InChI is InChI=1S/C14H20N2OS/c1-2-4-14-12(3-1)9-16(6-7-17-14)10-13-11-18-8-5-15-13/h1-4,13,15H,5-11H2. The molecule has 2 aliphatic heterocycles. The van der Waals surface area contributed by atoms with Crippen LogP contribution in [0.25, 0.3) is 0 Å². The SMILES string of the molecule is c1ccc2c(c1)CN(CC1CSCCN1)CCO2. The van der Waals surface area contributed by atoms with E-state index in [1.807, 2.05) is 6.07 Å². The Bertz CT molecular complexity index is 393.